The van der Waals surface area contributed by atoms with Crippen molar-refractivity contribution in [1.82, 2.24) is 0 Å². The summed E-state index contributed by atoms with van der Waals surface area (Å²) < 4.78 is 28.5. The second-order valence-electron chi connectivity index (χ2n) is 22.3. The molecule has 482 valence electrons. The van der Waals surface area contributed by atoms with Gasteiger partial charge in [-0.2, -0.15) is 0 Å². The standard InChI is InChI=1S/C73H118O12/c1-4-7-10-13-16-19-22-25-28-31-33-36-38-41-44-47-50-53-56-59-65(74)81-62-64(83-66(75)60-57-54-51-48-45-42-39-35-30-27-24-21-18-15-12-9-6-3)63-82-73-71(69(78)68(77)70(85-73)72(79)80)84-67(76)61-58-55-52-49-46-43-40-37-34-32-29-26-23-20-17-14-11-8-5-2/h8-9,11-12,17-18,20-21,25-30,34,37,39,42,48,51,64,68-71,73,77-78H,4-7,10,13-16,19,22-24,31-33,35-36,38,40-41,43-47,49-50,52-63H2,1-3H3,(H,79,80)/b11-8-,12-9-,20-17-,21-18-,28-25-,29-26-,30-27-,37-34-,42-39-,51-48-. The average Bonchev–Trinajstić information content (AvgIpc) is 3.53. The third kappa shape index (κ3) is 48.9. The smallest absolute Gasteiger partial charge is 0.335 e. The summed E-state index contributed by atoms with van der Waals surface area (Å²) in [6, 6.07) is 0. The zero-order chi connectivity index (χ0) is 61.7. The maximum atomic E-state index is 13.2. The van der Waals surface area contributed by atoms with Gasteiger partial charge < -0.3 is 39.0 Å². The Morgan fingerprint density at radius 3 is 1.18 bits per heavy atom. The Labute approximate surface area is 516 Å². The minimum Gasteiger partial charge on any atom is -0.479 e. The van der Waals surface area contributed by atoms with Crippen molar-refractivity contribution in [3.63, 3.8) is 0 Å². The molecule has 0 aromatic carbocycles. The van der Waals surface area contributed by atoms with Crippen LogP contribution in [0.2, 0.25) is 0 Å². The van der Waals surface area contributed by atoms with Gasteiger partial charge in [0.1, 0.15) is 18.8 Å². The molecule has 0 aromatic heterocycles. The van der Waals surface area contributed by atoms with Gasteiger partial charge in [-0.05, 0) is 122 Å². The minimum atomic E-state index is -1.92. The molecule has 0 amide bonds. The fourth-order valence-electron chi connectivity index (χ4n) is 9.45. The average molecular weight is 1190 g/mol. The van der Waals surface area contributed by atoms with Gasteiger partial charge in [0, 0.05) is 19.3 Å². The molecule has 1 rings (SSSR count). The van der Waals surface area contributed by atoms with E-state index in [-0.39, 0.29) is 25.9 Å². The second-order valence-corrected chi connectivity index (χ2v) is 22.3. The van der Waals surface area contributed by atoms with E-state index < -0.39 is 67.3 Å². The van der Waals surface area contributed by atoms with Crippen molar-refractivity contribution in [3.8, 4) is 0 Å². The topological polar surface area (TPSA) is 175 Å². The molecule has 0 radical (unpaired) electrons. The number of carbonyl (C=O) groups excluding carboxylic acids is 3. The van der Waals surface area contributed by atoms with E-state index in [4.69, 9.17) is 23.7 Å². The normalized spacial score (nSPS) is 18.2. The van der Waals surface area contributed by atoms with E-state index in [2.05, 4.69) is 130 Å². The van der Waals surface area contributed by atoms with Crippen molar-refractivity contribution in [2.75, 3.05) is 13.2 Å². The maximum Gasteiger partial charge on any atom is 0.335 e. The molecule has 6 unspecified atom stereocenters. The number of ether oxygens (including phenoxy) is 5. The lowest BCUT2D eigenvalue weighted by molar-refractivity contribution is -0.301. The van der Waals surface area contributed by atoms with Crippen molar-refractivity contribution >= 4 is 23.9 Å². The molecule has 0 saturated carbocycles. The van der Waals surface area contributed by atoms with E-state index in [1.165, 1.54) is 83.5 Å². The molecule has 1 fully saturated rings. The van der Waals surface area contributed by atoms with Crippen molar-refractivity contribution in [3.05, 3.63) is 122 Å². The molecule has 1 aliphatic heterocycles. The number of carboxylic acid groups (broad SMARTS) is 1. The van der Waals surface area contributed by atoms with Gasteiger partial charge in [0.2, 0.25) is 0 Å². The first kappa shape index (κ1) is 78.1. The summed E-state index contributed by atoms with van der Waals surface area (Å²) in [5.74, 6) is -3.23. The summed E-state index contributed by atoms with van der Waals surface area (Å²) in [4.78, 5) is 51.4. The monoisotopic (exact) mass is 1190 g/mol. The molecule has 1 saturated heterocycles. The molecular formula is C73H118O12. The lowest BCUT2D eigenvalue weighted by Gasteiger charge is -2.40. The fraction of sp³-hybridized carbons (Fsp3) is 0.671. The van der Waals surface area contributed by atoms with Gasteiger partial charge in [-0.3, -0.25) is 14.4 Å². The molecule has 12 nitrogen and oxygen atoms in total. The fourth-order valence-corrected chi connectivity index (χ4v) is 9.45. The predicted molar refractivity (Wildman–Crippen MR) is 349 cm³/mol. The highest BCUT2D eigenvalue weighted by Crippen LogP contribution is 2.26. The summed E-state index contributed by atoms with van der Waals surface area (Å²) in [5.41, 5.74) is 0. The van der Waals surface area contributed by atoms with Crippen LogP contribution >= 0.6 is 0 Å². The molecule has 12 heteroatoms. The number of hydrogen-bond donors (Lipinski definition) is 3. The SMILES string of the molecule is CC/C=C\C/C=C\C/C=C\C/C=C\C/C=C\CCCC(=O)OC(COC(=O)CCCCCCCCCCC/C=C\CCCCCCCC)COC1OC(C(=O)O)C(O)C(O)C1OC(=O)CCCCCCCC/C=C\C/C=C\C/C=C\C/C=C\CC. The number of allylic oxidation sites excluding steroid dienone is 20. The highest BCUT2D eigenvalue weighted by Gasteiger charge is 2.50. The first-order chi connectivity index (χ1) is 41.6. The second kappa shape index (κ2) is 59.5. The maximum absolute atomic E-state index is 13.2. The number of unbranched alkanes of at least 4 members (excludes halogenated alkanes) is 22. The van der Waals surface area contributed by atoms with Crippen molar-refractivity contribution in [2.45, 2.75) is 302 Å². The molecule has 6 atom stereocenters. The number of esters is 3. The van der Waals surface area contributed by atoms with Gasteiger partial charge in [-0.15, -0.1) is 0 Å². The summed E-state index contributed by atoms with van der Waals surface area (Å²) in [5, 5.41) is 31.6. The van der Waals surface area contributed by atoms with Crippen LogP contribution in [0.3, 0.4) is 0 Å². The number of hydrogen-bond acceptors (Lipinski definition) is 11. The zero-order valence-corrected chi connectivity index (χ0v) is 53.3. The van der Waals surface area contributed by atoms with E-state index >= 15 is 0 Å². The molecule has 3 N–H and O–H groups in total. The number of carbonyl (C=O) groups is 4. The van der Waals surface area contributed by atoms with Crippen LogP contribution in [0.15, 0.2) is 122 Å². The van der Waals surface area contributed by atoms with E-state index in [9.17, 15) is 34.5 Å². The Kier molecular flexibility index (Phi) is 54.6. The highest BCUT2D eigenvalue weighted by atomic mass is 16.7. The minimum absolute atomic E-state index is 0.0316. The summed E-state index contributed by atoms with van der Waals surface area (Å²) in [6.07, 6.45) is 70.1. The third-order valence-electron chi connectivity index (χ3n) is 14.5. The van der Waals surface area contributed by atoms with Gasteiger partial charge in [-0.1, -0.05) is 245 Å². The summed E-state index contributed by atoms with van der Waals surface area (Å²) in [7, 11) is 0. The number of rotatable bonds is 56. The zero-order valence-electron chi connectivity index (χ0n) is 53.3. The summed E-state index contributed by atoms with van der Waals surface area (Å²) >= 11 is 0. The number of aliphatic hydroxyl groups is 2. The third-order valence-corrected chi connectivity index (χ3v) is 14.5. The number of aliphatic hydroxyl groups excluding tert-OH is 2. The van der Waals surface area contributed by atoms with Crippen molar-refractivity contribution in [2.24, 2.45) is 0 Å². The first-order valence-electron chi connectivity index (χ1n) is 33.5. The van der Waals surface area contributed by atoms with Crippen LogP contribution in [0.1, 0.15) is 265 Å². The van der Waals surface area contributed by atoms with Crippen LogP contribution in [0.4, 0.5) is 0 Å². The summed E-state index contributed by atoms with van der Waals surface area (Å²) in [6.45, 7) is 5.73. The van der Waals surface area contributed by atoms with E-state index in [1.807, 2.05) is 12.2 Å². The first-order valence-corrected chi connectivity index (χ1v) is 33.5. The quantitative estimate of drug-likeness (QED) is 0.0228. The molecule has 0 aliphatic carbocycles. The lowest BCUT2D eigenvalue weighted by atomic mass is 9.98. The molecule has 0 bridgehead atoms. The van der Waals surface area contributed by atoms with Crippen LogP contribution in [0.5, 0.6) is 0 Å². The van der Waals surface area contributed by atoms with Gasteiger partial charge in [0.25, 0.3) is 0 Å². The molecular weight excluding hydrogens is 1070 g/mol. The van der Waals surface area contributed by atoms with Crippen LogP contribution in [-0.4, -0.2) is 89.2 Å². The Balaban J connectivity index is 2.69. The number of carboxylic acids is 1. The lowest BCUT2D eigenvalue weighted by Crippen LogP contribution is -2.61. The van der Waals surface area contributed by atoms with Gasteiger partial charge in [0.15, 0.2) is 24.6 Å². The van der Waals surface area contributed by atoms with E-state index in [0.29, 0.717) is 25.7 Å². The van der Waals surface area contributed by atoms with Gasteiger partial charge in [0.05, 0.1) is 6.61 Å². The van der Waals surface area contributed by atoms with Crippen LogP contribution < -0.4 is 0 Å². The molecule has 1 heterocycles. The van der Waals surface area contributed by atoms with Crippen LogP contribution in [0.25, 0.3) is 0 Å². The van der Waals surface area contributed by atoms with Crippen LogP contribution in [0, 0.1) is 0 Å². The van der Waals surface area contributed by atoms with Gasteiger partial charge >= 0.3 is 23.9 Å². The highest BCUT2D eigenvalue weighted by molar-refractivity contribution is 5.74. The molecule has 0 aromatic rings. The van der Waals surface area contributed by atoms with Crippen molar-refractivity contribution < 1.29 is 58.2 Å². The van der Waals surface area contributed by atoms with Gasteiger partial charge in [-0.25, -0.2) is 4.79 Å². The Morgan fingerprint density at radius 1 is 0.400 bits per heavy atom. The van der Waals surface area contributed by atoms with Crippen LogP contribution in [-0.2, 0) is 42.9 Å². The molecule has 85 heavy (non-hydrogen) atoms. The van der Waals surface area contributed by atoms with Crippen molar-refractivity contribution in [1.29, 1.82) is 0 Å². The largest absolute Gasteiger partial charge is 0.479 e. The molecule has 0 spiro atoms. The van der Waals surface area contributed by atoms with E-state index in [1.54, 1.807) is 0 Å². The Hall–Kier alpha value is -4.88. The molecule has 1 aliphatic rings. The Bertz CT molecular complexity index is 1940. The number of aliphatic carboxylic acids is 1. The van der Waals surface area contributed by atoms with E-state index in [0.717, 1.165) is 116 Å². The Morgan fingerprint density at radius 2 is 0.753 bits per heavy atom. The predicted octanol–water partition coefficient (Wildman–Crippen LogP) is 18.3.